The monoisotopic (exact) mass is 280 g/mol. The van der Waals surface area contributed by atoms with Crippen molar-refractivity contribution in [3.63, 3.8) is 0 Å². The fraction of sp³-hybridized carbons (Fsp3) is 0.733. The van der Waals surface area contributed by atoms with E-state index in [9.17, 15) is 14.7 Å². The van der Waals surface area contributed by atoms with Gasteiger partial charge in [0.25, 0.3) is 5.91 Å². The zero-order valence-corrected chi connectivity index (χ0v) is 12.6. The molecule has 0 radical (unpaired) electrons. The summed E-state index contributed by atoms with van der Waals surface area (Å²) in [5, 5.41) is 10.7. The van der Waals surface area contributed by atoms with E-state index in [-0.39, 0.29) is 18.4 Å². The van der Waals surface area contributed by atoms with Crippen molar-refractivity contribution in [3.05, 3.63) is 11.1 Å². The molecule has 0 aromatic carbocycles. The van der Waals surface area contributed by atoms with E-state index in [2.05, 4.69) is 6.92 Å². The maximum absolute atomic E-state index is 12.6. The van der Waals surface area contributed by atoms with Crippen molar-refractivity contribution in [2.24, 2.45) is 0 Å². The molecule has 2 aliphatic rings. The van der Waals surface area contributed by atoms with Crippen molar-refractivity contribution in [2.45, 2.75) is 45.6 Å². The van der Waals surface area contributed by atoms with Crippen LogP contribution in [0.3, 0.4) is 0 Å². The molecule has 112 valence electrons. The summed E-state index contributed by atoms with van der Waals surface area (Å²) in [5.74, 6) is -0.309. The van der Waals surface area contributed by atoms with Gasteiger partial charge in [0.15, 0.2) is 5.60 Å². The van der Waals surface area contributed by atoms with E-state index in [1.54, 1.807) is 9.80 Å². The number of carbonyl (C=O) groups is 2. The van der Waals surface area contributed by atoms with Crippen molar-refractivity contribution in [3.8, 4) is 0 Å². The van der Waals surface area contributed by atoms with E-state index in [1.165, 1.54) is 18.1 Å². The van der Waals surface area contributed by atoms with Crippen LogP contribution in [0.25, 0.3) is 0 Å². The van der Waals surface area contributed by atoms with Gasteiger partial charge in [-0.25, -0.2) is 0 Å². The Morgan fingerprint density at radius 3 is 2.45 bits per heavy atom. The van der Waals surface area contributed by atoms with Crippen LogP contribution in [-0.4, -0.2) is 58.5 Å². The molecule has 0 aromatic rings. The second-order valence-corrected chi connectivity index (χ2v) is 6.11. The number of nitrogens with zero attached hydrogens (tertiary/aromatic N) is 2. The summed E-state index contributed by atoms with van der Waals surface area (Å²) in [4.78, 5) is 27.4. The zero-order chi connectivity index (χ0) is 14.9. The minimum Gasteiger partial charge on any atom is -0.378 e. The third-order valence-electron chi connectivity index (χ3n) is 4.51. The summed E-state index contributed by atoms with van der Waals surface area (Å²) in [6.07, 6.45) is 1.97. The van der Waals surface area contributed by atoms with Gasteiger partial charge in [-0.15, -0.1) is 0 Å². The Morgan fingerprint density at radius 2 is 1.85 bits per heavy atom. The summed E-state index contributed by atoms with van der Waals surface area (Å²) >= 11 is 0. The molecule has 5 heteroatoms. The maximum Gasteiger partial charge on any atom is 0.256 e. The lowest BCUT2D eigenvalue weighted by atomic mass is 9.90. The van der Waals surface area contributed by atoms with Gasteiger partial charge in [-0.05, 0) is 33.1 Å². The number of hydrogen-bond donors (Lipinski definition) is 1. The van der Waals surface area contributed by atoms with Gasteiger partial charge in [-0.1, -0.05) is 11.1 Å². The molecule has 0 aliphatic carbocycles. The molecule has 2 aliphatic heterocycles. The number of likely N-dealkylation sites (tertiary alicyclic amines) is 1. The minimum atomic E-state index is -1.41. The van der Waals surface area contributed by atoms with Gasteiger partial charge < -0.3 is 14.9 Å². The third kappa shape index (κ3) is 2.87. The average Bonchev–Trinajstić information content (AvgIpc) is 2.41. The van der Waals surface area contributed by atoms with Gasteiger partial charge in [-0.2, -0.15) is 0 Å². The fourth-order valence-corrected chi connectivity index (χ4v) is 2.96. The first kappa shape index (κ1) is 15.0. The van der Waals surface area contributed by atoms with E-state index >= 15 is 0 Å². The Morgan fingerprint density at radius 1 is 1.15 bits per heavy atom. The van der Waals surface area contributed by atoms with Crippen LogP contribution in [0.5, 0.6) is 0 Å². The molecule has 5 nitrogen and oxygen atoms in total. The average molecular weight is 280 g/mol. The molecule has 0 bridgehead atoms. The van der Waals surface area contributed by atoms with Gasteiger partial charge in [0.2, 0.25) is 5.91 Å². The Balaban J connectivity index is 2.10. The molecular weight excluding hydrogens is 256 g/mol. The Labute approximate surface area is 120 Å². The summed E-state index contributed by atoms with van der Waals surface area (Å²) in [5.41, 5.74) is 1.12. The second kappa shape index (κ2) is 5.56. The smallest absolute Gasteiger partial charge is 0.256 e. The zero-order valence-electron chi connectivity index (χ0n) is 12.6. The van der Waals surface area contributed by atoms with Crippen LogP contribution < -0.4 is 0 Å². The van der Waals surface area contributed by atoms with Crippen LogP contribution in [0.1, 0.15) is 40.0 Å². The van der Waals surface area contributed by atoms with Crippen LogP contribution in [0.15, 0.2) is 11.1 Å². The normalized spacial score (nSPS) is 27.8. The summed E-state index contributed by atoms with van der Waals surface area (Å²) in [7, 11) is 0. The molecule has 0 spiro atoms. The maximum atomic E-state index is 12.6. The number of aliphatic hydroxyl groups is 1. The summed E-state index contributed by atoms with van der Waals surface area (Å²) in [6, 6.07) is 0. The highest BCUT2D eigenvalue weighted by atomic mass is 16.3. The molecule has 20 heavy (non-hydrogen) atoms. The topological polar surface area (TPSA) is 60.9 Å². The molecule has 1 saturated heterocycles. The number of hydrogen-bond acceptors (Lipinski definition) is 3. The van der Waals surface area contributed by atoms with E-state index in [4.69, 9.17) is 0 Å². The lowest BCUT2D eigenvalue weighted by Crippen LogP contribution is -2.59. The summed E-state index contributed by atoms with van der Waals surface area (Å²) in [6.45, 7) is 7.60. The molecule has 0 unspecified atom stereocenters. The van der Waals surface area contributed by atoms with Crippen LogP contribution >= 0.6 is 0 Å². The highest BCUT2D eigenvalue weighted by Crippen LogP contribution is 2.26. The molecule has 2 rings (SSSR count). The van der Waals surface area contributed by atoms with E-state index < -0.39 is 5.60 Å². The Hall–Kier alpha value is -1.36. The van der Waals surface area contributed by atoms with Gasteiger partial charge in [-0.3, -0.25) is 9.59 Å². The number of rotatable bonds is 1. The molecular formula is C15H24N2O3. The number of amides is 2. The SMILES string of the molecule is CC(=O)N1CCC[C@](O)(C(=O)N2CCC(C)=C(C)C2)C1. The standard InChI is InChI=1S/C15H24N2O3/c1-11-5-8-16(9-12(11)2)14(19)15(20)6-4-7-17(10-15)13(3)18/h20H,4-10H2,1-3H3/t15-/m1/s1. The van der Waals surface area contributed by atoms with Gasteiger partial charge in [0, 0.05) is 26.6 Å². The van der Waals surface area contributed by atoms with E-state index in [0.717, 1.165) is 6.42 Å². The van der Waals surface area contributed by atoms with E-state index in [1.807, 2.05) is 6.92 Å². The molecule has 1 atom stereocenters. The lowest BCUT2D eigenvalue weighted by Gasteiger charge is -2.41. The molecule has 0 saturated carbocycles. The number of carbonyl (C=O) groups excluding carboxylic acids is 2. The highest BCUT2D eigenvalue weighted by molar-refractivity contribution is 5.87. The van der Waals surface area contributed by atoms with Crippen molar-refractivity contribution < 1.29 is 14.7 Å². The first-order chi connectivity index (χ1) is 9.33. The molecule has 2 amide bonds. The number of β-amino-alcohol motifs (C(OH)–C–C–N with tert-alkyl or cyclic N) is 1. The van der Waals surface area contributed by atoms with Crippen molar-refractivity contribution in [1.82, 2.24) is 9.80 Å². The fourth-order valence-electron chi connectivity index (χ4n) is 2.96. The van der Waals surface area contributed by atoms with Crippen molar-refractivity contribution in [2.75, 3.05) is 26.2 Å². The quantitative estimate of drug-likeness (QED) is 0.727. The van der Waals surface area contributed by atoms with Gasteiger partial charge >= 0.3 is 0 Å². The van der Waals surface area contributed by atoms with Crippen LogP contribution in [-0.2, 0) is 9.59 Å². The molecule has 1 fully saturated rings. The van der Waals surface area contributed by atoms with Crippen LogP contribution in [0.4, 0.5) is 0 Å². The lowest BCUT2D eigenvalue weighted by molar-refractivity contribution is -0.159. The second-order valence-electron chi connectivity index (χ2n) is 6.11. The predicted molar refractivity (Wildman–Crippen MR) is 76.0 cm³/mol. The van der Waals surface area contributed by atoms with Crippen LogP contribution in [0, 0.1) is 0 Å². The summed E-state index contributed by atoms with van der Waals surface area (Å²) < 4.78 is 0. The molecule has 0 aromatic heterocycles. The first-order valence-corrected chi connectivity index (χ1v) is 7.26. The van der Waals surface area contributed by atoms with Gasteiger partial charge in [0.05, 0.1) is 6.54 Å². The highest BCUT2D eigenvalue weighted by Gasteiger charge is 2.43. The Bertz CT molecular complexity index is 458. The minimum absolute atomic E-state index is 0.0820. The first-order valence-electron chi connectivity index (χ1n) is 7.26. The largest absolute Gasteiger partial charge is 0.378 e. The Kier molecular flexibility index (Phi) is 4.18. The van der Waals surface area contributed by atoms with E-state index in [0.29, 0.717) is 32.5 Å². The molecule has 2 heterocycles. The molecule has 1 N–H and O–H groups in total. The van der Waals surface area contributed by atoms with Crippen LogP contribution in [0.2, 0.25) is 0 Å². The third-order valence-corrected chi connectivity index (χ3v) is 4.51. The van der Waals surface area contributed by atoms with Crippen molar-refractivity contribution >= 4 is 11.8 Å². The number of piperidine rings is 1. The van der Waals surface area contributed by atoms with Gasteiger partial charge in [0.1, 0.15) is 0 Å². The predicted octanol–water partition coefficient (Wildman–Crippen LogP) is 0.928. The van der Waals surface area contributed by atoms with Crippen molar-refractivity contribution in [1.29, 1.82) is 0 Å².